The predicted molar refractivity (Wildman–Crippen MR) is 127 cm³/mol. The van der Waals surface area contributed by atoms with Gasteiger partial charge in [-0.3, -0.25) is 4.79 Å². The first-order chi connectivity index (χ1) is 17.2. The summed E-state index contributed by atoms with van der Waals surface area (Å²) in [7, 11) is 0. The Labute approximate surface area is 204 Å². The lowest BCUT2D eigenvalue weighted by atomic mass is 10.2. The highest BCUT2D eigenvalue weighted by Crippen LogP contribution is 2.34. The summed E-state index contributed by atoms with van der Waals surface area (Å²) in [4.78, 5) is 25.8. The van der Waals surface area contributed by atoms with Crippen LogP contribution in [0.3, 0.4) is 0 Å². The number of benzene rings is 3. The molecule has 9 nitrogen and oxygen atoms in total. The third-order valence-corrected chi connectivity index (χ3v) is 6.01. The van der Waals surface area contributed by atoms with Crippen molar-refractivity contribution in [3.8, 4) is 23.0 Å². The van der Waals surface area contributed by atoms with E-state index >= 15 is 0 Å². The number of nitrogens with zero attached hydrogens (tertiary/aromatic N) is 2. The molecule has 1 N–H and O–H groups in total. The first-order valence-electron chi connectivity index (χ1n) is 10.6. The molecule has 0 unspecified atom stereocenters. The average molecular weight is 490 g/mol. The Kier molecular flexibility index (Phi) is 6.62. The monoisotopic (exact) mass is 489 g/mol. The second-order valence-electron chi connectivity index (χ2n) is 7.34. The summed E-state index contributed by atoms with van der Waals surface area (Å²) in [5.41, 5.74) is 1.72. The summed E-state index contributed by atoms with van der Waals surface area (Å²) < 4.78 is 21.5. The molecule has 0 saturated carbocycles. The lowest BCUT2D eigenvalue weighted by Crippen LogP contribution is -2.14. The Balaban J connectivity index is 1.17. The molecule has 0 spiro atoms. The van der Waals surface area contributed by atoms with Gasteiger partial charge < -0.3 is 23.9 Å². The molecule has 0 aliphatic carbocycles. The molecule has 0 fully saturated rings. The smallest absolute Gasteiger partial charge is 0.339 e. The highest BCUT2D eigenvalue weighted by atomic mass is 32.2. The molecule has 1 amide bonds. The Morgan fingerprint density at radius 3 is 2.63 bits per heavy atom. The van der Waals surface area contributed by atoms with Crippen LogP contribution in [0.1, 0.15) is 16.2 Å². The van der Waals surface area contributed by atoms with Crippen molar-refractivity contribution < 1.29 is 28.2 Å². The van der Waals surface area contributed by atoms with Gasteiger partial charge in [0, 0.05) is 22.2 Å². The number of hydrogen-bond donors (Lipinski definition) is 1. The van der Waals surface area contributed by atoms with Gasteiger partial charge in [0.1, 0.15) is 0 Å². The molecule has 0 radical (unpaired) electrons. The number of thioether (sulfide) groups is 1. The van der Waals surface area contributed by atoms with Crippen LogP contribution in [0, 0.1) is 0 Å². The van der Waals surface area contributed by atoms with E-state index in [4.69, 9.17) is 18.6 Å². The normalized spacial score (nSPS) is 11.8. The number of hydrogen-bond acceptors (Lipinski definition) is 9. The Morgan fingerprint density at radius 1 is 0.943 bits per heavy atom. The third kappa shape index (κ3) is 5.44. The number of aromatic nitrogens is 2. The molecule has 4 aromatic rings. The fourth-order valence-electron chi connectivity index (χ4n) is 3.29. The summed E-state index contributed by atoms with van der Waals surface area (Å²) in [6.45, 7) is -0.00157. The molecule has 3 aromatic carbocycles. The van der Waals surface area contributed by atoms with Crippen LogP contribution in [0.4, 0.5) is 5.69 Å². The molecule has 0 saturated heterocycles. The minimum absolute atomic E-state index is 0.100. The summed E-state index contributed by atoms with van der Waals surface area (Å²) in [5.74, 6) is 1.08. The summed E-state index contributed by atoms with van der Waals surface area (Å²) >= 11 is 1.23. The maximum atomic E-state index is 12.7. The van der Waals surface area contributed by atoms with Crippen molar-refractivity contribution in [3.05, 3.63) is 84.3 Å². The van der Waals surface area contributed by atoms with Crippen LogP contribution in [-0.2, 0) is 16.1 Å². The highest BCUT2D eigenvalue weighted by Gasteiger charge is 2.17. The number of anilines is 1. The SMILES string of the molecule is O=C(CSc1ccccc1C(=O)OCc1nnc(-c2ccccc2)o1)Nc1ccc2c(c1)OCO2. The van der Waals surface area contributed by atoms with Crippen molar-refractivity contribution in [2.75, 3.05) is 17.9 Å². The number of fused-ring (bicyclic) bond motifs is 1. The average Bonchev–Trinajstić information content (AvgIpc) is 3.56. The molecule has 5 rings (SSSR count). The van der Waals surface area contributed by atoms with Crippen LogP contribution in [-0.4, -0.2) is 34.6 Å². The number of carbonyl (C=O) groups is 2. The van der Waals surface area contributed by atoms with Crippen molar-refractivity contribution in [2.24, 2.45) is 0 Å². The van der Waals surface area contributed by atoms with Crippen LogP contribution >= 0.6 is 11.8 Å². The standard InChI is InChI=1S/C25H19N3O6S/c29-22(26-17-10-11-19-20(12-17)33-15-32-19)14-35-21-9-5-4-8-18(21)25(30)31-13-23-27-28-24(34-23)16-6-2-1-3-7-16/h1-12H,13-15H2,(H,26,29). The Bertz CT molecular complexity index is 1360. The van der Waals surface area contributed by atoms with E-state index in [2.05, 4.69) is 15.5 Å². The topological polar surface area (TPSA) is 113 Å². The molecule has 0 bridgehead atoms. The number of ether oxygens (including phenoxy) is 3. The summed E-state index contributed by atoms with van der Waals surface area (Å²) in [5, 5.41) is 10.7. The fraction of sp³-hybridized carbons (Fsp3) is 0.120. The van der Waals surface area contributed by atoms with Gasteiger partial charge >= 0.3 is 5.97 Å². The lowest BCUT2D eigenvalue weighted by molar-refractivity contribution is -0.113. The van der Waals surface area contributed by atoms with E-state index in [-0.39, 0.29) is 31.0 Å². The Hall–Kier alpha value is -4.31. The van der Waals surface area contributed by atoms with Crippen LogP contribution in [0.5, 0.6) is 11.5 Å². The molecule has 2 heterocycles. The first kappa shape index (κ1) is 22.5. The van der Waals surface area contributed by atoms with E-state index in [1.165, 1.54) is 11.8 Å². The van der Waals surface area contributed by atoms with E-state index in [9.17, 15) is 9.59 Å². The van der Waals surface area contributed by atoms with Gasteiger partial charge in [0.15, 0.2) is 18.1 Å². The molecule has 35 heavy (non-hydrogen) atoms. The minimum atomic E-state index is -0.552. The van der Waals surface area contributed by atoms with Gasteiger partial charge in [-0.1, -0.05) is 30.3 Å². The van der Waals surface area contributed by atoms with E-state index in [1.54, 1.807) is 42.5 Å². The zero-order valence-corrected chi connectivity index (χ0v) is 19.1. The van der Waals surface area contributed by atoms with Crippen molar-refractivity contribution in [1.29, 1.82) is 0 Å². The molecule has 1 aliphatic heterocycles. The number of carbonyl (C=O) groups excluding carboxylic acids is 2. The summed E-state index contributed by atoms with van der Waals surface area (Å²) in [6.07, 6.45) is 0. The van der Waals surface area contributed by atoms with Gasteiger partial charge in [0.05, 0.1) is 11.3 Å². The maximum Gasteiger partial charge on any atom is 0.339 e. The number of amides is 1. The number of esters is 1. The molecular formula is C25H19N3O6S. The van der Waals surface area contributed by atoms with E-state index in [0.29, 0.717) is 33.5 Å². The van der Waals surface area contributed by atoms with Gasteiger partial charge in [-0.15, -0.1) is 22.0 Å². The van der Waals surface area contributed by atoms with Crippen molar-refractivity contribution >= 4 is 29.3 Å². The molecular weight excluding hydrogens is 470 g/mol. The van der Waals surface area contributed by atoms with Crippen molar-refractivity contribution in [1.82, 2.24) is 10.2 Å². The molecule has 10 heteroatoms. The largest absolute Gasteiger partial charge is 0.454 e. The Morgan fingerprint density at radius 2 is 1.74 bits per heavy atom. The van der Waals surface area contributed by atoms with E-state index in [0.717, 1.165) is 5.56 Å². The number of rotatable bonds is 8. The quantitative estimate of drug-likeness (QED) is 0.281. The lowest BCUT2D eigenvalue weighted by Gasteiger charge is -2.09. The molecule has 176 valence electrons. The fourth-order valence-corrected chi connectivity index (χ4v) is 4.13. The van der Waals surface area contributed by atoms with Gasteiger partial charge in [-0.25, -0.2) is 4.79 Å². The molecule has 0 atom stereocenters. The van der Waals surface area contributed by atoms with Gasteiger partial charge in [0.25, 0.3) is 5.89 Å². The second kappa shape index (κ2) is 10.3. The minimum Gasteiger partial charge on any atom is -0.454 e. The third-order valence-electron chi connectivity index (χ3n) is 4.94. The van der Waals surface area contributed by atoms with Crippen LogP contribution in [0.25, 0.3) is 11.5 Å². The van der Waals surface area contributed by atoms with Crippen molar-refractivity contribution in [2.45, 2.75) is 11.5 Å². The zero-order chi connectivity index (χ0) is 24.0. The number of nitrogens with one attached hydrogen (secondary N) is 1. The van der Waals surface area contributed by atoms with Gasteiger partial charge in [-0.05, 0) is 36.4 Å². The van der Waals surface area contributed by atoms with Crippen LogP contribution in [0.2, 0.25) is 0 Å². The van der Waals surface area contributed by atoms with Gasteiger partial charge in [-0.2, -0.15) is 0 Å². The van der Waals surface area contributed by atoms with Crippen LogP contribution in [0.15, 0.2) is 82.1 Å². The van der Waals surface area contributed by atoms with Crippen molar-refractivity contribution in [3.63, 3.8) is 0 Å². The first-order valence-corrected chi connectivity index (χ1v) is 11.6. The van der Waals surface area contributed by atoms with Gasteiger partial charge in [0.2, 0.25) is 18.6 Å². The zero-order valence-electron chi connectivity index (χ0n) is 18.3. The second-order valence-corrected chi connectivity index (χ2v) is 8.36. The summed E-state index contributed by atoms with van der Waals surface area (Å²) in [6, 6.07) is 21.4. The predicted octanol–water partition coefficient (Wildman–Crippen LogP) is 4.55. The van der Waals surface area contributed by atoms with Crippen LogP contribution < -0.4 is 14.8 Å². The molecule has 1 aliphatic rings. The highest BCUT2D eigenvalue weighted by molar-refractivity contribution is 8.00. The van der Waals surface area contributed by atoms with E-state index < -0.39 is 5.97 Å². The molecule has 1 aromatic heterocycles. The van der Waals surface area contributed by atoms with E-state index in [1.807, 2.05) is 30.3 Å². The maximum absolute atomic E-state index is 12.7.